The van der Waals surface area contributed by atoms with Crippen LogP contribution in [0.5, 0.6) is 0 Å². The minimum Gasteiger partial charge on any atom is -0.462 e. The Morgan fingerprint density at radius 1 is 1.00 bits per heavy atom. The first-order valence-corrected chi connectivity index (χ1v) is 6.57. The van der Waals surface area contributed by atoms with E-state index in [2.05, 4.69) is 0 Å². The lowest BCUT2D eigenvalue weighted by Crippen LogP contribution is -2.05. The molecule has 0 amide bonds. The summed E-state index contributed by atoms with van der Waals surface area (Å²) in [4.78, 5) is 22.3. The second kappa shape index (κ2) is 6.66. The number of carbonyl (C=O) groups is 2. The number of hydrogen-bond acceptors (Lipinski definition) is 3. The predicted octanol–water partition coefficient (Wildman–Crippen LogP) is 3.73. The molecular formula is C17H16O3. The van der Waals surface area contributed by atoms with E-state index in [4.69, 9.17) is 4.74 Å². The quantitative estimate of drug-likeness (QED) is 0.613. The van der Waals surface area contributed by atoms with E-state index in [0.29, 0.717) is 17.7 Å². The topological polar surface area (TPSA) is 43.4 Å². The smallest absolute Gasteiger partial charge is 0.338 e. The zero-order valence-corrected chi connectivity index (χ0v) is 11.3. The average Bonchev–Trinajstić information content (AvgIpc) is 2.53. The molecule has 3 nitrogen and oxygen atoms in total. The fraction of sp³-hybridized carbons (Fsp3) is 0.176. The van der Waals surface area contributed by atoms with E-state index in [1.807, 2.05) is 31.2 Å². The Morgan fingerprint density at radius 2 is 1.55 bits per heavy atom. The highest BCUT2D eigenvalue weighted by molar-refractivity contribution is 5.90. The molecule has 0 aliphatic carbocycles. The fourth-order valence-corrected chi connectivity index (χ4v) is 1.83. The minimum absolute atomic E-state index is 0.297. The van der Waals surface area contributed by atoms with Crippen molar-refractivity contribution in [2.75, 3.05) is 6.61 Å². The van der Waals surface area contributed by atoms with Crippen molar-refractivity contribution >= 4 is 12.3 Å². The van der Waals surface area contributed by atoms with Gasteiger partial charge >= 0.3 is 5.97 Å². The SMILES string of the molecule is CCCOC(=O)c1ccc(-c2ccc(C=O)cc2)cc1. The van der Waals surface area contributed by atoms with E-state index < -0.39 is 0 Å². The zero-order chi connectivity index (χ0) is 14.4. The van der Waals surface area contributed by atoms with Gasteiger partial charge in [0.2, 0.25) is 0 Å². The molecule has 0 aromatic heterocycles. The van der Waals surface area contributed by atoms with Crippen LogP contribution in [-0.2, 0) is 4.74 Å². The Hall–Kier alpha value is -2.42. The molecule has 0 spiro atoms. The van der Waals surface area contributed by atoms with E-state index in [1.54, 1.807) is 24.3 Å². The van der Waals surface area contributed by atoms with Gasteiger partial charge in [-0.2, -0.15) is 0 Å². The van der Waals surface area contributed by atoms with Gasteiger partial charge in [0.05, 0.1) is 12.2 Å². The van der Waals surface area contributed by atoms with Crippen molar-refractivity contribution in [3.63, 3.8) is 0 Å². The van der Waals surface area contributed by atoms with E-state index in [9.17, 15) is 9.59 Å². The molecule has 0 aliphatic heterocycles. The number of hydrogen-bond donors (Lipinski definition) is 0. The summed E-state index contributed by atoms with van der Waals surface area (Å²) in [6.45, 7) is 2.40. The molecule has 0 unspecified atom stereocenters. The van der Waals surface area contributed by atoms with Gasteiger partial charge in [0.1, 0.15) is 6.29 Å². The van der Waals surface area contributed by atoms with Gasteiger partial charge in [-0.25, -0.2) is 4.79 Å². The molecule has 2 aromatic carbocycles. The first kappa shape index (κ1) is 14.0. The van der Waals surface area contributed by atoms with Crippen molar-refractivity contribution < 1.29 is 14.3 Å². The van der Waals surface area contributed by atoms with Crippen molar-refractivity contribution in [1.29, 1.82) is 0 Å². The number of benzene rings is 2. The third-order valence-electron chi connectivity index (χ3n) is 2.94. The van der Waals surface area contributed by atoms with Gasteiger partial charge in [0, 0.05) is 5.56 Å². The molecule has 2 rings (SSSR count). The summed E-state index contributed by atoms with van der Waals surface area (Å²) in [5.74, 6) is -0.297. The van der Waals surface area contributed by atoms with E-state index in [-0.39, 0.29) is 5.97 Å². The molecule has 0 aliphatic rings. The van der Waals surface area contributed by atoms with Gasteiger partial charge < -0.3 is 4.74 Å². The predicted molar refractivity (Wildman–Crippen MR) is 77.8 cm³/mol. The highest BCUT2D eigenvalue weighted by atomic mass is 16.5. The lowest BCUT2D eigenvalue weighted by atomic mass is 10.0. The Kier molecular flexibility index (Phi) is 4.66. The van der Waals surface area contributed by atoms with Crippen molar-refractivity contribution in [3.8, 4) is 11.1 Å². The lowest BCUT2D eigenvalue weighted by molar-refractivity contribution is 0.0505. The van der Waals surface area contributed by atoms with Crippen molar-refractivity contribution in [2.45, 2.75) is 13.3 Å². The van der Waals surface area contributed by atoms with Crippen molar-refractivity contribution in [3.05, 3.63) is 59.7 Å². The van der Waals surface area contributed by atoms with Gasteiger partial charge in [-0.15, -0.1) is 0 Å². The van der Waals surface area contributed by atoms with Gasteiger partial charge in [-0.3, -0.25) is 4.79 Å². The second-order valence-electron chi connectivity index (χ2n) is 4.45. The van der Waals surface area contributed by atoms with E-state index >= 15 is 0 Å². The van der Waals surface area contributed by atoms with E-state index in [0.717, 1.165) is 23.8 Å². The summed E-state index contributed by atoms with van der Waals surface area (Å²) in [5, 5.41) is 0. The second-order valence-corrected chi connectivity index (χ2v) is 4.45. The third-order valence-corrected chi connectivity index (χ3v) is 2.94. The maximum absolute atomic E-state index is 11.7. The Balaban J connectivity index is 2.14. The Labute approximate surface area is 118 Å². The van der Waals surface area contributed by atoms with Crippen LogP contribution >= 0.6 is 0 Å². The molecule has 0 fully saturated rings. The monoisotopic (exact) mass is 268 g/mol. The van der Waals surface area contributed by atoms with Crippen LogP contribution in [0.15, 0.2) is 48.5 Å². The van der Waals surface area contributed by atoms with Crippen LogP contribution in [0, 0.1) is 0 Å². The molecule has 2 aromatic rings. The molecule has 0 saturated carbocycles. The van der Waals surface area contributed by atoms with Gasteiger partial charge in [0.15, 0.2) is 0 Å². The molecular weight excluding hydrogens is 252 g/mol. The van der Waals surface area contributed by atoms with Crippen LogP contribution in [-0.4, -0.2) is 18.9 Å². The van der Waals surface area contributed by atoms with Crippen LogP contribution in [0.3, 0.4) is 0 Å². The summed E-state index contributed by atoms with van der Waals surface area (Å²) in [7, 11) is 0. The van der Waals surface area contributed by atoms with Crippen LogP contribution < -0.4 is 0 Å². The summed E-state index contributed by atoms with van der Waals surface area (Å²) in [6.07, 6.45) is 1.63. The van der Waals surface area contributed by atoms with Crippen LogP contribution in [0.4, 0.5) is 0 Å². The molecule has 0 N–H and O–H groups in total. The molecule has 0 atom stereocenters. The maximum Gasteiger partial charge on any atom is 0.338 e. The molecule has 102 valence electrons. The standard InChI is InChI=1S/C17H16O3/c1-2-11-20-17(19)16-9-7-15(8-10-16)14-5-3-13(12-18)4-6-14/h3-10,12H,2,11H2,1H3. The molecule has 0 radical (unpaired) electrons. The first-order valence-electron chi connectivity index (χ1n) is 6.57. The van der Waals surface area contributed by atoms with Gasteiger partial charge in [0.25, 0.3) is 0 Å². The fourth-order valence-electron chi connectivity index (χ4n) is 1.83. The summed E-state index contributed by atoms with van der Waals surface area (Å²) in [6, 6.07) is 14.6. The summed E-state index contributed by atoms with van der Waals surface area (Å²) >= 11 is 0. The first-order chi connectivity index (χ1) is 9.74. The highest BCUT2D eigenvalue weighted by Gasteiger charge is 2.06. The van der Waals surface area contributed by atoms with Crippen molar-refractivity contribution in [1.82, 2.24) is 0 Å². The molecule has 0 heterocycles. The Bertz CT molecular complexity index is 583. The molecule has 0 saturated heterocycles. The number of carbonyl (C=O) groups excluding carboxylic acids is 2. The minimum atomic E-state index is -0.297. The highest BCUT2D eigenvalue weighted by Crippen LogP contribution is 2.20. The molecule has 20 heavy (non-hydrogen) atoms. The Morgan fingerprint density at radius 3 is 2.05 bits per heavy atom. The van der Waals surface area contributed by atoms with Crippen LogP contribution in [0.1, 0.15) is 34.1 Å². The summed E-state index contributed by atoms with van der Waals surface area (Å²) < 4.78 is 5.08. The average molecular weight is 268 g/mol. The number of esters is 1. The zero-order valence-electron chi connectivity index (χ0n) is 11.3. The van der Waals surface area contributed by atoms with E-state index in [1.165, 1.54) is 0 Å². The molecule has 3 heteroatoms. The van der Waals surface area contributed by atoms with Gasteiger partial charge in [-0.05, 0) is 29.7 Å². The summed E-state index contributed by atoms with van der Waals surface area (Å²) in [5.41, 5.74) is 3.19. The largest absolute Gasteiger partial charge is 0.462 e. The van der Waals surface area contributed by atoms with Crippen LogP contribution in [0.2, 0.25) is 0 Å². The maximum atomic E-state index is 11.7. The normalized spacial score (nSPS) is 10.1. The third kappa shape index (κ3) is 3.32. The van der Waals surface area contributed by atoms with Crippen LogP contribution in [0.25, 0.3) is 11.1 Å². The molecule has 0 bridgehead atoms. The number of rotatable bonds is 5. The van der Waals surface area contributed by atoms with Crippen molar-refractivity contribution in [2.24, 2.45) is 0 Å². The van der Waals surface area contributed by atoms with Gasteiger partial charge in [-0.1, -0.05) is 43.3 Å². The lowest BCUT2D eigenvalue weighted by Gasteiger charge is -2.05. The number of aldehydes is 1. The number of ether oxygens (including phenoxy) is 1.